The van der Waals surface area contributed by atoms with Crippen LogP contribution in [0.4, 0.5) is 0 Å². The van der Waals surface area contributed by atoms with Crippen LogP contribution >= 0.6 is 0 Å². The molecule has 1 aromatic rings. The van der Waals surface area contributed by atoms with Gasteiger partial charge in [-0.3, -0.25) is 14.6 Å². The summed E-state index contributed by atoms with van der Waals surface area (Å²) < 4.78 is 0. The predicted molar refractivity (Wildman–Crippen MR) is 85.3 cm³/mol. The third kappa shape index (κ3) is 1.72. The van der Waals surface area contributed by atoms with E-state index in [1.54, 1.807) is 24.3 Å². The number of ketones is 2. The van der Waals surface area contributed by atoms with Crippen molar-refractivity contribution < 1.29 is 9.59 Å². The third-order valence-electron chi connectivity index (χ3n) is 4.68. The molecule has 4 rings (SSSR count). The van der Waals surface area contributed by atoms with Crippen LogP contribution in [0.15, 0.2) is 65.7 Å². The highest BCUT2D eigenvalue weighted by Gasteiger charge is 2.43. The van der Waals surface area contributed by atoms with Gasteiger partial charge in [-0.1, -0.05) is 61.6 Å². The van der Waals surface area contributed by atoms with Crippen molar-refractivity contribution in [2.45, 2.75) is 13.0 Å². The lowest BCUT2D eigenvalue weighted by Gasteiger charge is -2.33. The lowest BCUT2D eigenvalue weighted by molar-refractivity contribution is 0.0883. The van der Waals surface area contributed by atoms with Gasteiger partial charge in [-0.2, -0.15) is 0 Å². The predicted octanol–water partition coefficient (Wildman–Crippen LogP) is 3.19. The molecule has 3 aliphatic rings. The van der Waals surface area contributed by atoms with E-state index >= 15 is 0 Å². The van der Waals surface area contributed by atoms with Gasteiger partial charge in [0.15, 0.2) is 11.6 Å². The molecule has 0 radical (unpaired) electrons. The molecule has 0 unspecified atom stereocenters. The molecule has 0 spiro atoms. The van der Waals surface area contributed by atoms with E-state index in [2.05, 4.69) is 13.0 Å². The fourth-order valence-electron chi connectivity index (χ4n) is 3.33. The van der Waals surface area contributed by atoms with Crippen LogP contribution in [0.5, 0.6) is 0 Å². The molecule has 22 heavy (non-hydrogen) atoms. The van der Waals surface area contributed by atoms with Gasteiger partial charge in [-0.15, -0.1) is 0 Å². The molecular formula is C19H15NO2. The summed E-state index contributed by atoms with van der Waals surface area (Å²) in [6.45, 7) is 2.10. The molecule has 108 valence electrons. The number of hydrogen-bond acceptors (Lipinski definition) is 3. The molecule has 1 heterocycles. The summed E-state index contributed by atoms with van der Waals surface area (Å²) in [5.41, 5.74) is 1.44. The van der Waals surface area contributed by atoms with Gasteiger partial charge in [0.05, 0.1) is 11.8 Å². The van der Waals surface area contributed by atoms with Crippen LogP contribution < -0.4 is 0 Å². The van der Waals surface area contributed by atoms with Gasteiger partial charge in [-0.25, -0.2) is 0 Å². The molecule has 0 bridgehead atoms. The highest BCUT2D eigenvalue weighted by molar-refractivity contribution is 6.38. The van der Waals surface area contributed by atoms with Crippen LogP contribution in [0.25, 0.3) is 0 Å². The second kappa shape index (κ2) is 4.47. The summed E-state index contributed by atoms with van der Waals surface area (Å²) in [6, 6.07) is 6.96. The minimum absolute atomic E-state index is 0.0539. The highest BCUT2D eigenvalue weighted by Crippen LogP contribution is 2.37. The summed E-state index contributed by atoms with van der Waals surface area (Å²) in [7, 11) is 0. The summed E-state index contributed by atoms with van der Waals surface area (Å²) in [5.74, 6) is -1.05. The van der Waals surface area contributed by atoms with Crippen molar-refractivity contribution in [3.05, 3.63) is 71.8 Å². The first-order chi connectivity index (χ1) is 10.6. The van der Waals surface area contributed by atoms with E-state index in [1.165, 1.54) is 0 Å². The first-order valence-electron chi connectivity index (χ1n) is 7.40. The van der Waals surface area contributed by atoms with Gasteiger partial charge in [0.2, 0.25) is 0 Å². The zero-order chi connectivity index (χ0) is 15.3. The van der Waals surface area contributed by atoms with E-state index < -0.39 is 5.92 Å². The Balaban J connectivity index is 1.75. The summed E-state index contributed by atoms with van der Waals surface area (Å²) in [6.07, 6.45) is 12.0. The van der Waals surface area contributed by atoms with E-state index in [0.717, 1.165) is 0 Å². The highest BCUT2D eigenvalue weighted by atomic mass is 16.2. The number of rotatable bonds is 1. The maximum Gasteiger partial charge on any atom is 0.180 e. The van der Waals surface area contributed by atoms with Gasteiger partial charge in [0, 0.05) is 16.5 Å². The molecule has 2 atom stereocenters. The number of carbonyl (C=O) groups excluding carboxylic acids is 2. The summed E-state index contributed by atoms with van der Waals surface area (Å²) in [5, 5.41) is 0. The zero-order valence-corrected chi connectivity index (χ0v) is 12.2. The number of dihydropyridines is 1. The number of hydrogen-bond donors (Lipinski definition) is 0. The standard InChI is InChI=1S/C19H15NO2/c1-19-10-5-4-8-15(19)20-14(9-11-19)16-17(21)12-6-2-3-7-13(12)18(16)22/h2-11,15-16H,1H3/t15-,19+/m0/s1. The van der Waals surface area contributed by atoms with Crippen molar-refractivity contribution in [1.82, 2.24) is 0 Å². The lowest BCUT2D eigenvalue weighted by atomic mass is 9.76. The second-order valence-electron chi connectivity index (χ2n) is 6.15. The van der Waals surface area contributed by atoms with Crippen molar-refractivity contribution >= 4 is 17.3 Å². The monoisotopic (exact) mass is 289 g/mol. The Morgan fingerprint density at radius 1 is 1.00 bits per heavy atom. The molecule has 0 fully saturated rings. The van der Waals surface area contributed by atoms with Crippen LogP contribution in [-0.4, -0.2) is 23.3 Å². The third-order valence-corrected chi connectivity index (χ3v) is 4.68. The van der Waals surface area contributed by atoms with Crippen molar-refractivity contribution in [2.24, 2.45) is 16.3 Å². The number of nitrogens with zero attached hydrogens (tertiary/aromatic N) is 1. The van der Waals surface area contributed by atoms with Gasteiger partial charge in [0.25, 0.3) is 0 Å². The molecule has 0 amide bonds. The van der Waals surface area contributed by atoms with Gasteiger partial charge < -0.3 is 0 Å². The smallest absolute Gasteiger partial charge is 0.180 e. The molecule has 0 saturated carbocycles. The Morgan fingerprint density at radius 2 is 1.68 bits per heavy atom. The van der Waals surface area contributed by atoms with Crippen molar-refractivity contribution in [1.29, 1.82) is 0 Å². The Labute approximate surface area is 128 Å². The van der Waals surface area contributed by atoms with Gasteiger partial charge in [-0.05, 0) is 6.08 Å². The molecule has 3 heteroatoms. The molecule has 0 aromatic heterocycles. The van der Waals surface area contributed by atoms with Crippen LogP contribution in [0, 0.1) is 11.3 Å². The molecular weight excluding hydrogens is 274 g/mol. The normalized spacial score (nSPS) is 29.5. The quantitative estimate of drug-likeness (QED) is 0.745. The van der Waals surface area contributed by atoms with E-state index in [4.69, 9.17) is 4.99 Å². The van der Waals surface area contributed by atoms with E-state index in [1.807, 2.05) is 30.4 Å². The second-order valence-corrected chi connectivity index (χ2v) is 6.15. The number of carbonyl (C=O) groups is 2. The fourth-order valence-corrected chi connectivity index (χ4v) is 3.33. The Hall–Kier alpha value is -2.55. The lowest BCUT2D eigenvalue weighted by Crippen LogP contribution is -2.35. The number of benzene rings is 1. The number of allylic oxidation sites excluding steroid dienone is 3. The SMILES string of the molecule is C[C@]12C=CC=C[C@@H]1N=C(C1C(=O)c3ccccc3C1=O)C=C2. The average Bonchev–Trinajstić information content (AvgIpc) is 2.79. The molecule has 2 aliphatic carbocycles. The maximum atomic E-state index is 12.6. The minimum Gasteiger partial charge on any atom is -0.293 e. The van der Waals surface area contributed by atoms with Crippen LogP contribution in [0.1, 0.15) is 27.6 Å². The Kier molecular flexibility index (Phi) is 2.67. The average molecular weight is 289 g/mol. The Morgan fingerprint density at radius 3 is 2.36 bits per heavy atom. The number of Topliss-reactive ketones (excluding diaryl/α,β-unsaturated/α-hetero) is 2. The fraction of sp³-hybridized carbons (Fsp3) is 0.211. The molecule has 1 aliphatic heterocycles. The molecule has 0 saturated heterocycles. The minimum atomic E-state index is -0.780. The maximum absolute atomic E-state index is 12.6. The van der Waals surface area contributed by atoms with Crippen molar-refractivity contribution in [3.63, 3.8) is 0 Å². The number of aliphatic imine (C=N–C) groups is 1. The van der Waals surface area contributed by atoms with Gasteiger partial charge in [0.1, 0.15) is 5.92 Å². The van der Waals surface area contributed by atoms with Crippen LogP contribution in [-0.2, 0) is 0 Å². The Bertz CT molecular complexity index is 777. The molecule has 3 nitrogen and oxygen atoms in total. The summed E-state index contributed by atoms with van der Waals surface area (Å²) >= 11 is 0. The first kappa shape index (κ1) is 13.1. The largest absolute Gasteiger partial charge is 0.293 e. The summed E-state index contributed by atoms with van der Waals surface area (Å²) in [4.78, 5) is 29.8. The van der Waals surface area contributed by atoms with Crippen molar-refractivity contribution in [3.8, 4) is 0 Å². The molecule has 0 N–H and O–H groups in total. The topological polar surface area (TPSA) is 46.5 Å². The molecule has 1 aromatic carbocycles. The van der Waals surface area contributed by atoms with Crippen LogP contribution in [0.2, 0.25) is 0 Å². The number of fused-ring (bicyclic) bond motifs is 2. The van der Waals surface area contributed by atoms with Crippen LogP contribution in [0.3, 0.4) is 0 Å². The van der Waals surface area contributed by atoms with E-state index in [9.17, 15) is 9.59 Å². The van der Waals surface area contributed by atoms with Crippen molar-refractivity contribution in [2.75, 3.05) is 0 Å². The van der Waals surface area contributed by atoms with E-state index in [0.29, 0.717) is 16.8 Å². The first-order valence-corrected chi connectivity index (χ1v) is 7.40. The van der Waals surface area contributed by atoms with E-state index in [-0.39, 0.29) is 23.0 Å². The zero-order valence-electron chi connectivity index (χ0n) is 12.2. The van der Waals surface area contributed by atoms with Gasteiger partial charge >= 0.3 is 0 Å².